The van der Waals surface area contributed by atoms with Gasteiger partial charge in [0.2, 0.25) is 10.0 Å². The summed E-state index contributed by atoms with van der Waals surface area (Å²) in [5.41, 5.74) is 1.99. The number of benzene rings is 1. The maximum Gasteiger partial charge on any atom is 0.253 e. The Hall–Kier alpha value is -1.40. The molecule has 0 spiro atoms. The number of hydrogen-bond donors (Lipinski definition) is 0. The average molecular weight is 353 g/mol. The first-order chi connectivity index (χ1) is 11.1. The summed E-state index contributed by atoms with van der Waals surface area (Å²) in [4.78, 5) is 15.0. The molecule has 1 aliphatic rings. The lowest BCUT2D eigenvalue weighted by Gasteiger charge is -2.22. The molecule has 24 heavy (non-hydrogen) atoms. The second kappa shape index (κ2) is 7.23. The zero-order chi connectivity index (χ0) is 18.1. The fraction of sp³-hybridized carbons (Fsp3) is 0.611. The molecule has 1 saturated heterocycles. The van der Waals surface area contributed by atoms with Gasteiger partial charge in [-0.3, -0.25) is 4.79 Å². The SMILES string of the molecule is Cc1cc(C(=O)N2CCCC(C)CC2)cc(S(=O)(=O)N(C)C)c1C. The van der Waals surface area contributed by atoms with Crippen molar-refractivity contribution in [2.75, 3.05) is 27.2 Å². The molecule has 134 valence electrons. The largest absolute Gasteiger partial charge is 0.339 e. The molecule has 1 unspecified atom stereocenters. The highest BCUT2D eigenvalue weighted by Crippen LogP contribution is 2.25. The van der Waals surface area contributed by atoms with Crippen LogP contribution in [0.25, 0.3) is 0 Å². The lowest BCUT2D eigenvalue weighted by molar-refractivity contribution is 0.0760. The van der Waals surface area contributed by atoms with Crippen molar-refractivity contribution in [3.8, 4) is 0 Å². The van der Waals surface area contributed by atoms with Gasteiger partial charge in [0.05, 0.1) is 4.90 Å². The Morgan fingerprint density at radius 1 is 1.17 bits per heavy atom. The summed E-state index contributed by atoms with van der Waals surface area (Å²) in [5, 5.41) is 0. The summed E-state index contributed by atoms with van der Waals surface area (Å²) >= 11 is 0. The van der Waals surface area contributed by atoms with E-state index in [1.54, 1.807) is 13.0 Å². The van der Waals surface area contributed by atoms with E-state index in [0.29, 0.717) is 17.0 Å². The smallest absolute Gasteiger partial charge is 0.253 e. The number of hydrogen-bond acceptors (Lipinski definition) is 3. The van der Waals surface area contributed by atoms with E-state index in [2.05, 4.69) is 6.92 Å². The third kappa shape index (κ3) is 3.81. The van der Waals surface area contributed by atoms with Crippen LogP contribution in [0.1, 0.15) is 47.7 Å². The predicted octanol–water partition coefficient (Wildman–Crippen LogP) is 2.82. The Bertz CT molecular complexity index is 726. The average Bonchev–Trinajstić information content (AvgIpc) is 2.73. The first-order valence-corrected chi connectivity index (χ1v) is 9.91. The summed E-state index contributed by atoms with van der Waals surface area (Å²) in [6.45, 7) is 7.33. The van der Waals surface area contributed by atoms with E-state index in [-0.39, 0.29) is 10.8 Å². The number of sulfonamides is 1. The van der Waals surface area contributed by atoms with Crippen LogP contribution in [0.15, 0.2) is 17.0 Å². The maximum absolute atomic E-state index is 12.9. The van der Waals surface area contributed by atoms with Crippen molar-refractivity contribution >= 4 is 15.9 Å². The minimum absolute atomic E-state index is 0.0672. The zero-order valence-corrected chi connectivity index (χ0v) is 16.1. The molecule has 1 aliphatic heterocycles. The quantitative estimate of drug-likeness (QED) is 0.840. The molecule has 0 N–H and O–H groups in total. The molecule has 1 heterocycles. The van der Waals surface area contributed by atoms with Gasteiger partial charge in [0.1, 0.15) is 0 Å². The van der Waals surface area contributed by atoms with Gasteiger partial charge in [-0.05, 0) is 62.3 Å². The van der Waals surface area contributed by atoms with Crippen molar-refractivity contribution in [3.63, 3.8) is 0 Å². The van der Waals surface area contributed by atoms with Crippen LogP contribution in [0.3, 0.4) is 0 Å². The highest BCUT2D eigenvalue weighted by molar-refractivity contribution is 7.89. The van der Waals surface area contributed by atoms with E-state index in [1.165, 1.54) is 24.5 Å². The third-order valence-corrected chi connectivity index (χ3v) is 6.87. The van der Waals surface area contributed by atoms with Crippen LogP contribution >= 0.6 is 0 Å². The van der Waals surface area contributed by atoms with Gasteiger partial charge in [0.15, 0.2) is 0 Å². The second-order valence-corrected chi connectivity index (χ2v) is 9.15. The van der Waals surface area contributed by atoms with E-state index in [1.807, 2.05) is 11.8 Å². The first-order valence-electron chi connectivity index (χ1n) is 8.47. The second-order valence-electron chi connectivity index (χ2n) is 7.03. The van der Waals surface area contributed by atoms with Crippen LogP contribution in [0.5, 0.6) is 0 Å². The standard InChI is InChI=1S/C18H28N2O3S/c1-13-7-6-9-20(10-8-13)18(21)16-11-14(2)15(3)17(12-16)24(22,23)19(4)5/h11-13H,6-10H2,1-5H3. The molecule has 2 rings (SSSR count). The Morgan fingerprint density at radius 3 is 2.46 bits per heavy atom. The van der Waals surface area contributed by atoms with Crippen molar-refractivity contribution in [3.05, 3.63) is 28.8 Å². The van der Waals surface area contributed by atoms with Crippen LogP contribution in [-0.2, 0) is 10.0 Å². The molecule has 0 radical (unpaired) electrons. The molecule has 5 nitrogen and oxygen atoms in total. The minimum atomic E-state index is -3.57. The number of carbonyl (C=O) groups is 1. The molecule has 1 aromatic rings. The fourth-order valence-electron chi connectivity index (χ4n) is 3.06. The van der Waals surface area contributed by atoms with E-state index < -0.39 is 10.0 Å². The molecule has 6 heteroatoms. The molecule has 0 aliphatic carbocycles. The predicted molar refractivity (Wildman–Crippen MR) is 95.7 cm³/mol. The summed E-state index contributed by atoms with van der Waals surface area (Å²) < 4.78 is 26.3. The van der Waals surface area contributed by atoms with Crippen molar-refractivity contribution in [2.45, 2.75) is 44.9 Å². The summed E-state index contributed by atoms with van der Waals surface area (Å²) in [7, 11) is -0.553. The zero-order valence-electron chi connectivity index (χ0n) is 15.3. The molecule has 1 atom stereocenters. The monoisotopic (exact) mass is 352 g/mol. The van der Waals surface area contributed by atoms with Crippen LogP contribution in [0.2, 0.25) is 0 Å². The Morgan fingerprint density at radius 2 is 1.83 bits per heavy atom. The number of carbonyl (C=O) groups excluding carboxylic acids is 1. The van der Waals surface area contributed by atoms with E-state index in [0.717, 1.165) is 37.9 Å². The van der Waals surface area contributed by atoms with Crippen molar-refractivity contribution in [1.29, 1.82) is 0 Å². The van der Waals surface area contributed by atoms with Crippen LogP contribution in [-0.4, -0.2) is 50.7 Å². The summed E-state index contributed by atoms with van der Waals surface area (Å²) in [6, 6.07) is 3.34. The lowest BCUT2D eigenvalue weighted by atomic mass is 10.0. The Balaban J connectivity index is 2.41. The molecule has 0 saturated carbocycles. The molecule has 0 bridgehead atoms. The van der Waals surface area contributed by atoms with Crippen LogP contribution < -0.4 is 0 Å². The Labute approximate surface area is 145 Å². The maximum atomic E-state index is 12.9. The lowest BCUT2D eigenvalue weighted by Crippen LogP contribution is -2.32. The number of nitrogens with zero attached hydrogens (tertiary/aromatic N) is 2. The van der Waals surface area contributed by atoms with E-state index in [4.69, 9.17) is 0 Å². The first kappa shape index (κ1) is 18.9. The minimum Gasteiger partial charge on any atom is -0.339 e. The highest BCUT2D eigenvalue weighted by Gasteiger charge is 2.25. The molecule has 0 aromatic heterocycles. The van der Waals surface area contributed by atoms with Gasteiger partial charge >= 0.3 is 0 Å². The molecular weight excluding hydrogens is 324 g/mol. The molecule has 1 aromatic carbocycles. The van der Waals surface area contributed by atoms with Crippen molar-refractivity contribution in [2.24, 2.45) is 5.92 Å². The van der Waals surface area contributed by atoms with E-state index >= 15 is 0 Å². The van der Waals surface area contributed by atoms with Crippen LogP contribution in [0.4, 0.5) is 0 Å². The van der Waals surface area contributed by atoms with Gasteiger partial charge in [-0.1, -0.05) is 6.92 Å². The topological polar surface area (TPSA) is 57.7 Å². The third-order valence-electron chi connectivity index (χ3n) is 4.93. The van der Waals surface area contributed by atoms with Gasteiger partial charge in [0.25, 0.3) is 5.91 Å². The van der Waals surface area contributed by atoms with Crippen molar-refractivity contribution < 1.29 is 13.2 Å². The Kier molecular flexibility index (Phi) is 5.71. The molecule has 1 fully saturated rings. The number of amides is 1. The number of aryl methyl sites for hydroxylation is 1. The summed E-state index contributed by atoms with van der Waals surface area (Å²) in [6.07, 6.45) is 3.14. The van der Waals surface area contributed by atoms with Gasteiger partial charge < -0.3 is 4.90 Å². The number of rotatable bonds is 3. The van der Waals surface area contributed by atoms with Gasteiger partial charge in [0, 0.05) is 32.7 Å². The van der Waals surface area contributed by atoms with Crippen LogP contribution in [0, 0.1) is 19.8 Å². The molecular formula is C18H28N2O3S. The molecule has 1 amide bonds. The highest BCUT2D eigenvalue weighted by atomic mass is 32.2. The van der Waals surface area contributed by atoms with Gasteiger partial charge in [-0.25, -0.2) is 12.7 Å². The normalized spacial score (nSPS) is 19.4. The van der Waals surface area contributed by atoms with Gasteiger partial charge in [-0.2, -0.15) is 0 Å². The van der Waals surface area contributed by atoms with Crippen molar-refractivity contribution in [1.82, 2.24) is 9.21 Å². The number of likely N-dealkylation sites (tertiary alicyclic amines) is 1. The van der Waals surface area contributed by atoms with E-state index in [9.17, 15) is 13.2 Å². The fourth-order valence-corrected chi connectivity index (χ4v) is 4.28. The van der Waals surface area contributed by atoms with Gasteiger partial charge in [-0.15, -0.1) is 0 Å². The summed E-state index contributed by atoms with van der Waals surface area (Å²) in [5.74, 6) is 0.564.